The molecule has 2 heterocycles. The van der Waals surface area contributed by atoms with Crippen LogP contribution in [-0.4, -0.2) is 39.1 Å². The Labute approximate surface area is 227 Å². The number of hydrogen-bond donors (Lipinski definition) is 1. The fourth-order valence-electron chi connectivity index (χ4n) is 6.18. The van der Waals surface area contributed by atoms with Gasteiger partial charge < -0.3 is 14.6 Å². The molecule has 1 amide bonds. The monoisotopic (exact) mass is 520 g/mol. The number of nitrogens with zero attached hydrogens (tertiary/aromatic N) is 3. The number of rotatable bonds is 8. The molecular formula is C31H44N4O3. The molecule has 206 valence electrons. The van der Waals surface area contributed by atoms with E-state index in [0.29, 0.717) is 30.8 Å². The minimum absolute atomic E-state index is 0.0340. The van der Waals surface area contributed by atoms with Crippen LogP contribution in [0.15, 0.2) is 6.07 Å². The summed E-state index contributed by atoms with van der Waals surface area (Å²) in [5, 5.41) is 3.17. The molecule has 0 bridgehead atoms. The van der Waals surface area contributed by atoms with Gasteiger partial charge in [-0.1, -0.05) is 47.0 Å². The van der Waals surface area contributed by atoms with E-state index in [1.807, 2.05) is 0 Å². The van der Waals surface area contributed by atoms with Gasteiger partial charge in [0.2, 0.25) is 0 Å². The number of amides is 1. The van der Waals surface area contributed by atoms with Crippen molar-refractivity contribution in [1.82, 2.24) is 19.9 Å². The van der Waals surface area contributed by atoms with E-state index in [4.69, 9.17) is 14.7 Å². The van der Waals surface area contributed by atoms with Crippen LogP contribution in [0.5, 0.6) is 0 Å². The van der Waals surface area contributed by atoms with Gasteiger partial charge in [-0.2, -0.15) is 0 Å². The molecule has 0 aliphatic heterocycles. The lowest BCUT2D eigenvalue weighted by molar-refractivity contribution is -0.138. The topological polar surface area (TPSA) is 86.1 Å². The third kappa shape index (κ3) is 5.26. The van der Waals surface area contributed by atoms with Crippen molar-refractivity contribution in [3.8, 4) is 11.4 Å². The van der Waals surface area contributed by atoms with E-state index in [-0.39, 0.29) is 28.9 Å². The maximum absolute atomic E-state index is 13.5. The summed E-state index contributed by atoms with van der Waals surface area (Å²) in [7, 11) is 0. The molecule has 2 aromatic rings. The number of carbonyl (C=O) groups is 2. The van der Waals surface area contributed by atoms with E-state index in [0.717, 1.165) is 53.5 Å². The molecule has 0 saturated heterocycles. The maximum Gasteiger partial charge on any atom is 0.293 e. The van der Waals surface area contributed by atoms with E-state index in [9.17, 15) is 9.59 Å². The highest BCUT2D eigenvalue weighted by molar-refractivity contribution is 5.97. The fourth-order valence-corrected chi connectivity index (χ4v) is 6.18. The summed E-state index contributed by atoms with van der Waals surface area (Å²) in [6.07, 6.45) is 9.90. The van der Waals surface area contributed by atoms with Crippen LogP contribution in [0.3, 0.4) is 0 Å². The van der Waals surface area contributed by atoms with Gasteiger partial charge in [-0.15, -0.1) is 0 Å². The van der Waals surface area contributed by atoms with Gasteiger partial charge in [0.25, 0.3) is 12.4 Å². The van der Waals surface area contributed by atoms with E-state index in [1.165, 1.54) is 32.1 Å². The number of ether oxygens (including phenoxy) is 1. The summed E-state index contributed by atoms with van der Waals surface area (Å²) in [4.78, 5) is 34.4. The Morgan fingerprint density at radius 3 is 2.45 bits per heavy atom. The van der Waals surface area contributed by atoms with E-state index < -0.39 is 0 Å². The molecular weight excluding hydrogens is 476 g/mol. The quantitative estimate of drug-likeness (QED) is 0.436. The van der Waals surface area contributed by atoms with Crippen molar-refractivity contribution in [3.05, 3.63) is 34.4 Å². The van der Waals surface area contributed by atoms with Gasteiger partial charge in [0.05, 0.1) is 22.6 Å². The van der Waals surface area contributed by atoms with Crippen LogP contribution in [0.4, 0.5) is 0 Å². The summed E-state index contributed by atoms with van der Waals surface area (Å²) in [5.41, 5.74) is 5.95. The molecule has 0 aromatic carbocycles. The average Bonchev–Trinajstić information content (AvgIpc) is 3.52. The van der Waals surface area contributed by atoms with Crippen molar-refractivity contribution in [1.29, 1.82) is 0 Å². The smallest absolute Gasteiger partial charge is 0.293 e. The van der Waals surface area contributed by atoms with Gasteiger partial charge in [-0.25, -0.2) is 9.97 Å². The summed E-state index contributed by atoms with van der Waals surface area (Å²) >= 11 is 0. The number of aromatic nitrogens is 3. The molecule has 2 aromatic heterocycles. The Balaban J connectivity index is 1.55. The zero-order chi connectivity index (χ0) is 27.2. The van der Waals surface area contributed by atoms with Crippen molar-refractivity contribution in [2.75, 3.05) is 0 Å². The van der Waals surface area contributed by atoms with Gasteiger partial charge in [0, 0.05) is 42.0 Å². The molecule has 0 radical (unpaired) electrons. The SMILES string of the molecule is Cc1c(-c2cc(C(=O)N[C@H]3C[C@H](OC=O)C3)c(C)n2CC2CCCCC2)nc(C(C)(C)C)nc1C1(C)CC1. The highest BCUT2D eigenvalue weighted by atomic mass is 16.5. The lowest BCUT2D eigenvalue weighted by Gasteiger charge is -2.34. The van der Waals surface area contributed by atoms with Gasteiger partial charge in [-0.3, -0.25) is 9.59 Å². The van der Waals surface area contributed by atoms with Crippen molar-refractivity contribution < 1.29 is 14.3 Å². The van der Waals surface area contributed by atoms with E-state index in [1.54, 1.807) is 0 Å². The third-order valence-electron chi connectivity index (χ3n) is 9.09. The number of carbonyl (C=O) groups excluding carboxylic acids is 2. The van der Waals surface area contributed by atoms with Crippen LogP contribution >= 0.6 is 0 Å². The average molecular weight is 521 g/mol. The molecule has 0 unspecified atom stereocenters. The summed E-state index contributed by atoms with van der Waals surface area (Å²) in [5.74, 6) is 1.42. The fraction of sp³-hybridized carbons (Fsp3) is 0.677. The number of nitrogens with one attached hydrogen (secondary N) is 1. The first-order chi connectivity index (χ1) is 18.0. The molecule has 0 spiro atoms. The van der Waals surface area contributed by atoms with Gasteiger partial charge >= 0.3 is 0 Å². The Bertz CT molecular complexity index is 1210. The molecule has 3 aliphatic carbocycles. The predicted octanol–water partition coefficient (Wildman–Crippen LogP) is 5.93. The normalized spacial score (nSPS) is 23.0. The first-order valence-corrected chi connectivity index (χ1v) is 14.5. The lowest BCUT2D eigenvalue weighted by atomic mass is 9.89. The Morgan fingerprint density at radius 1 is 1.16 bits per heavy atom. The van der Waals surface area contributed by atoms with Crippen LogP contribution < -0.4 is 5.32 Å². The second-order valence-electron chi connectivity index (χ2n) is 13.3. The van der Waals surface area contributed by atoms with E-state index in [2.05, 4.69) is 57.5 Å². The highest BCUT2D eigenvalue weighted by Crippen LogP contribution is 2.49. The first-order valence-electron chi connectivity index (χ1n) is 14.5. The Hall–Kier alpha value is -2.70. The van der Waals surface area contributed by atoms with Crippen LogP contribution in [-0.2, 0) is 26.9 Å². The second kappa shape index (κ2) is 10.1. The van der Waals surface area contributed by atoms with Crippen molar-refractivity contribution >= 4 is 12.4 Å². The predicted molar refractivity (Wildman–Crippen MR) is 148 cm³/mol. The molecule has 3 fully saturated rings. The highest BCUT2D eigenvalue weighted by Gasteiger charge is 2.43. The standard InChI is InChI=1S/C31H44N4O3/c1-19-26(33-29(30(3,4)5)34-27(19)31(6)12-13-31)25-16-24(28(37)32-22-14-23(15-22)38-18-36)20(2)35(25)17-21-10-8-7-9-11-21/h16,18,21-23H,7-15,17H2,1-6H3,(H,32,37)/t22-,23-. The van der Waals surface area contributed by atoms with Gasteiger partial charge in [-0.05, 0) is 57.1 Å². The maximum atomic E-state index is 13.5. The minimum Gasteiger partial charge on any atom is -0.464 e. The Morgan fingerprint density at radius 2 is 1.84 bits per heavy atom. The molecule has 5 rings (SSSR count). The van der Waals surface area contributed by atoms with Crippen molar-refractivity contribution in [2.24, 2.45) is 5.92 Å². The van der Waals surface area contributed by atoms with Gasteiger partial charge in [0.1, 0.15) is 11.9 Å². The molecule has 3 saturated carbocycles. The Kier molecular flexibility index (Phi) is 7.16. The van der Waals surface area contributed by atoms with Crippen LogP contribution in [0.1, 0.15) is 119 Å². The van der Waals surface area contributed by atoms with Crippen LogP contribution in [0, 0.1) is 19.8 Å². The largest absolute Gasteiger partial charge is 0.464 e. The summed E-state index contributed by atoms with van der Waals surface area (Å²) in [6.45, 7) is 14.5. The van der Waals surface area contributed by atoms with Gasteiger partial charge in [0.15, 0.2) is 0 Å². The molecule has 0 atom stereocenters. The third-order valence-corrected chi connectivity index (χ3v) is 9.09. The molecule has 38 heavy (non-hydrogen) atoms. The zero-order valence-corrected chi connectivity index (χ0v) is 24.0. The first kappa shape index (κ1) is 26.9. The molecule has 7 nitrogen and oxygen atoms in total. The number of hydrogen-bond acceptors (Lipinski definition) is 5. The molecule has 3 aliphatic rings. The molecule has 1 N–H and O–H groups in total. The van der Waals surface area contributed by atoms with Crippen molar-refractivity contribution in [3.63, 3.8) is 0 Å². The van der Waals surface area contributed by atoms with Crippen LogP contribution in [0.25, 0.3) is 11.4 Å². The summed E-state index contributed by atoms with van der Waals surface area (Å²) in [6, 6.07) is 2.10. The van der Waals surface area contributed by atoms with Crippen LogP contribution in [0.2, 0.25) is 0 Å². The van der Waals surface area contributed by atoms with Crippen molar-refractivity contribution in [2.45, 2.75) is 129 Å². The van der Waals surface area contributed by atoms with E-state index >= 15 is 0 Å². The minimum atomic E-state index is -0.178. The lowest BCUT2D eigenvalue weighted by Crippen LogP contribution is -2.47. The summed E-state index contributed by atoms with van der Waals surface area (Å²) < 4.78 is 7.40. The molecule has 7 heteroatoms. The second-order valence-corrected chi connectivity index (χ2v) is 13.3. The zero-order valence-electron chi connectivity index (χ0n) is 24.0.